The smallest absolute Gasteiger partial charge is 0.255 e. The van der Waals surface area contributed by atoms with E-state index in [4.69, 9.17) is 10.5 Å². The number of nitrogens with zero attached hydrogens (tertiary/aromatic N) is 2. The van der Waals surface area contributed by atoms with Crippen LogP contribution in [0.5, 0.6) is 0 Å². The van der Waals surface area contributed by atoms with Gasteiger partial charge >= 0.3 is 0 Å². The quantitative estimate of drug-likeness (QED) is 0.755. The Morgan fingerprint density at radius 3 is 2.31 bits per heavy atom. The van der Waals surface area contributed by atoms with Crippen LogP contribution >= 0.6 is 0 Å². The molecule has 0 aliphatic rings. The molecule has 0 radical (unpaired) electrons. The lowest BCUT2D eigenvalue weighted by Crippen LogP contribution is -2.17. The van der Waals surface area contributed by atoms with Crippen LogP contribution in [0.25, 0.3) is 0 Å². The highest BCUT2D eigenvalue weighted by Gasteiger charge is 2.02. The van der Waals surface area contributed by atoms with Crippen LogP contribution in [0.3, 0.4) is 0 Å². The Morgan fingerprint density at radius 2 is 1.81 bits per heavy atom. The predicted octanol–water partition coefficient (Wildman–Crippen LogP) is 1.66. The zero-order valence-corrected chi connectivity index (χ0v) is 8.69. The fourth-order valence-electron chi connectivity index (χ4n) is 1.02. The number of aryl methyl sites for hydroxylation is 1. The van der Waals surface area contributed by atoms with Gasteiger partial charge in [-0.2, -0.15) is 10.5 Å². The van der Waals surface area contributed by atoms with Gasteiger partial charge in [-0.25, -0.2) is 0 Å². The summed E-state index contributed by atoms with van der Waals surface area (Å²) in [6.07, 6.45) is 1.10. The van der Waals surface area contributed by atoms with Crippen molar-refractivity contribution < 1.29 is 4.79 Å². The highest BCUT2D eigenvalue weighted by Crippen LogP contribution is 2.02. The average Bonchev–Trinajstić information content (AvgIpc) is 2.31. The van der Waals surface area contributed by atoms with Crippen LogP contribution in [0.4, 0.5) is 0 Å². The fourth-order valence-corrected chi connectivity index (χ4v) is 1.02. The van der Waals surface area contributed by atoms with E-state index in [9.17, 15) is 4.79 Å². The highest BCUT2D eigenvalue weighted by molar-refractivity contribution is 5.94. The van der Waals surface area contributed by atoms with E-state index in [1.807, 2.05) is 19.1 Å². The molecule has 4 nitrogen and oxygen atoms in total. The minimum Gasteiger partial charge on any atom is -0.327 e. The minimum absolute atomic E-state index is 0.138. The molecule has 0 spiro atoms. The Kier molecular flexibility index (Phi) is 3.83. The van der Waals surface area contributed by atoms with E-state index < -0.39 is 0 Å². The van der Waals surface area contributed by atoms with Crippen LogP contribution in [0.2, 0.25) is 0 Å². The molecule has 1 rings (SSSR count). The van der Waals surface area contributed by atoms with Gasteiger partial charge in [0.05, 0.1) is 0 Å². The Labute approximate surface area is 93.4 Å². The van der Waals surface area contributed by atoms with Gasteiger partial charge in [0.2, 0.25) is 0 Å². The number of amides is 1. The summed E-state index contributed by atoms with van der Waals surface area (Å²) in [4.78, 5) is 11.5. The van der Waals surface area contributed by atoms with Gasteiger partial charge in [-0.15, -0.1) is 0 Å². The third-order valence-electron chi connectivity index (χ3n) is 1.90. The first-order valence-electron chi connectivity index (χ1n) is 4.55. The SMILES string of the molecule is Cc1ccc(C(=O)NC=C(C#N)C#N)cc1. The van der Waals surface area contributed by atoms with Gasteiger partial charge < -0.3 is 5.32 Å². The summed E-state index contributed by atoms with van der Waals surface area (Å²) in [5.74, 6) is -0.344. The summed E-state index contributed by atoms with van der Waals surface area (Å²) in [6.45, 7) is 1.92. The second-order valence-electron chi connectivity index (χ2n) is 3.12. The predicted molar refractivity (Wildman–Crippen MR) is 58.0 cm³/mol. The molecular weight excluding hydrogens is 202 g/mol. The number of allylic oxidation sites excluding steroid dienone is 1. The molecule has 0 fully saturated rings. The Bertz CT molecular complexity index is 485. The molecule has 1 amide bonds. The van der Waals surface area contributed by atoms with E-state index in [1.54, 1.807) is 24.3 Å². The van der Waals surface area contributed by atoms with Crippen molar-refractivity contribution in [2.24, 2.45) is 0 Å². The second-order valence-corrected chi connectivity index (χ2v) is 3.12. The maximum Gasteiger partial charge on any atom is 0.255 e. The van der Waals surface area contributed by atoms with Crippen molar-refractivity contribution >= 4 is 5.91 Å². The van der Waals surface area contributed by atoms with Crippen LogP contribution in [0, 0.1) is 29.6 Å². The summed E-state index contributed by atoms with van der Waals surface area (Å²) in [6, 6.07) is 10.3. The lowest BCUT2D eigenvalue weighted by Gasteiger charge is -2.00. The Hall–Kier alpha value is -2.59. The lowest BCUT2D eigenvalue weighted by atomic mass is 10.1. The van der Waals surface area contributed by atoms with Gasteiger partial charge in [0.25, 0.3) is 5.91 Å². The number of hydrogen-bond acceptors (Lipinski definition) is 3. The van der Waals surface area contributed by atoms with Gasteiger partial charge in [0.1, 0.15) is 17.7 Å². The Morgan fingerprint density at radius 1 is 1.25 bits per heavy atom. The van der Waals surface area contributed by atoms with Crippen LogP contribution in [0.1, 0.15) is 15.9 Å². The van der Waals surface area contributed by atoms with Crippen LogP contribution < -0.4 is 5.32 Å². The summed E-state index contributed by atoms with van der Waals surface area (Å²) < 4.78 is 0. The minimum atomic E-state index is -0.344. The second kappa shape index (κ2) is 5.33. The van der Waals surface area contributed by atoms with E-state index in [0.717, 1.165) is 11.8 Å². The molecule has 0 saturated heterocycles. The zero-order chi connectivity index (χ0) is 12.0. The largest absolute Gasteiger partial charge is 0.327 e. The molecule has 0 aromatic heterocycles. The number of nitrogens with one attached hydrogen (secondary N) is 1. The lowest BCUT2D eigenvalue weighted by molar-refractivity contribution is 0.0970. The van der Waals surface area contributed by atoms with E-state index in [0.29, 0.717) is 5.56 Å². The van der Waals surface area contributed by atoms with E-state index in [1.165, 1.54) is 0 Å². The summed E-state index contributed by atoms with van der Waals surface area (Å²) >= 11 is 0. The van der Waals surface area contributed by atoms with Gasteiger partial charge in [0, 0.05) is 11.8 Å². The summed E-state index contributed by atoms with van der Waals surface area (Å²) in [5, 5.41) is 19.3. The zero-order valence-electron chi connectivity index (χ0n) is 8.69. The van der Waals surface area contributed by atoms with Crippen molar-refractivity contribution in [1.29, 1.82) is 10.5 Å². The molecule has 0 heterocycles. The number of hydrogen-bond donors (Lipinski definition) is 1. The normalized spacial score (nSPS) is 8.44. The van der Waals surface area contributed by atoms with Crippen LogP contribution in [-0.2, 0) is 0 Å². The summed E-state index contributed by atoms with van der Waals surface area (Å²) in [7, 11) is 0. The maximum absolute atomic E-state index is 11.5. The molecule has 4 heteroatoms. The molecule has 1 aromatic carbocycles. The molecule has 0 unspecified atom stereocenters. The van der Waals surface area contributed by atoms with E-state index in [-0.39, 0.29) is 11.5 Å². The molecule has 0 aliphatic carbocycles. The van der Waals surface area contributed by atoms with Crippen molar-refractivity contribution in [3.05, 3.63) is 47.2 Å². The molecule has 1 aromatic rings. The van der Waals surface area contributed by atoms with E-state index >= 15 is 0 Å². The molecule has 1 N–H and O–H groups in total. The third-order valence-corrected chi connectivity index (χ3v) is 1.90. The maximum atomic E-state index is 11.5. The molecule has 78 valence electrons. The topological polar surface area (TPSA) is 76.7 Å². The average molecular weight is 211 g/mol. The van der Waals surface area contributed by atoms with Gasteiger partial charge in [0.15, 0.2) is 0 Å². The first-order valence-corrected chi connectivity index (χ1v) is 4.55. The van der Waals surface area contributed by atoms with Crippen molar-refractivity contribution in [2.45, 2.75) is 6.92 Å². The molecule has 0 atom stereocenters. The van der Waals surface area contributed by atoms with E-state index in [2.05, 4.69) is 5.32 Å². The van der Waals surface area contributed by atoms with Crippen molar-refractivity contribution in [3.8, 4) is 12.1 Å². The number of rotatable bonds is 2. The standard InChI is InChI=1S/C12H9N3O/c1-9-2-4-11(5-3-9)12(16)15-8-10(6-13)7-14/h2-5,8H,1H3,(H,15,16). The molecule has 0 bridgehead atoms. The molecular formula is C12H9N3O. The number of carbonyl (C=O) groups is 1. The highest BCUT2D eigenvalue weighted by atomic mass is 16.1. The van der Waals surface area contributed by atoms with Gasteiger partial charge in [-0.1, -0.05) is 17.7 Å². The fraction of sp³-hybridized carbons (Fsp3) is 0.0833. The first-order chi connectivity index (χ1) is 7.67. The monoisotopic (exact) mass is 211 g/mol. The van der Waals surface area contributed by atoms with Crippen LogP contribution in [-0.4, -0.2) is 5.91 Å². The van der Waals surface area contributed by atoms with Crippen molar-refractivity contribution in [1.82, 2.24) is 5.32 Å². The van der Waals surface area contributed by atoms with Gasteiger partial charge in [-0.05, 0) is 19.1 Å². The number of benzene rings is 1. The number of nitriles is 2. The molecule has 0 saturated carbocycles. The Balaban J connectivity index is 2.75. The number of carbonyl (C=O) groups excluding carboxylic acids is 1. The van der Waals surface area contributed by atoms with Crippen LogP contribution in [0.15, 0.2) is 36.0 Å². The van der Waals surface area contributed by atoms with Gasteiger partial charge in [-0.3, -0.25) is 4.79 Å². The summed E-state index contributed by atoms with van der Waals surface area (Å²) in [5.41, 5.74) is 1.40. The van der Waals surface area contributed by atoms with Crippen molar-refractivity contribution in [2.75, 3.05) is 0 Å². The molecule has 0 aliphatic heterocycles. The first kappa shape index (κ1) is 11.5. The molecule has 16 heavy (non-hydrogen) atoms. The van der Waals surface area contributed by atoms with Crippen molar-refractivity contribution in [3.63, 3.8) is 0 Å². The third kappa shape index (κ3) is 2.97.